The van der Waals surface area contributed by atoms with Gasteiger partial charge in [0.25, 0.3) is 0 Å². The third-order valence-electron chi connectivity index (χ3n) is 8.30. The molecule has 312 valence electrons. The lowest BCUT2D eigenvalue weighted by molar-refractivity contribution is -0.132. The highest BCUT2D eigenvalue weighted by atomic mass is 32.1. The van der Waals surface area contributed by atoms with Gasteiger partial charge < -0.3 is 40.1 Å². The summed E-state index contributed by atoms with van der Waals surface area (Å²) in [5.74, 6) is 0.458. The molecule has 2 atom stereocenters. The van der Waals surface area contributed by atoms with Crippen LogP contribution in [0.3, 0.4) is 0 Å². The number of carbonyl (C=O) groups is 5. The Hall–Kier alpha value is -5.35. The van der Waals surface area contributed by atoms with Crippen molar-refractivity contribution in [1.82, 2.24) is 35.4 Å². The molecule has 0 radical (unpaired) electrons. The highest BCUT2D eigenvalue weighted by Crippen LogP contribution is 2.32. The maximum absolute atomic E-state index is 12.8. The van der Waals surface area contributed by atoms with Crippen LogP contribution in [0.25, 0.3) is 32.6 Å². The van der Waals surface area contributed by atoms with Gasteiger partial charge in [-0.3, -0.25) is 14.5 Å². The van der Waals surface area contributed by atoms with Crippen molar-refractivity contribution < 1.29 is 33.4 Å². The van der Waals surface area contributed by atoms with Crippen LogP contribution in [-0.2, 0) is 23.9 Å². The van der Waals surface area contributed by atoms with Crippen LogP contribution in [0.15, 0.2) is 48.7 Å². The summed E-state index contributed by atoms with van der Waals surface area (Å²) in [5.41, 5.74) is 4.79. The summed E-state index contributed by atoms with van der Waals surface area (Å²) >= 11 is 1.48. The maximum atomic E-state index is 12.8. The number of aromatic nitrogens is 3. The maximum Gasteiger partial charge on any atom is 0.407 e. The van der Waals surface area contributed by atoms with E-state index in [2.05, 4.69) is 91.2 Å². The van der Waals surface area contributed by atoms with E-state index < -0.39 is 12.2 Å². The van der Waals surface area contributed by atoms with Gasteiger partial charge in [-0.2, -0.15) is 0 Å². The van der Waals surface area contributed by atoms with Crippen molar-refractivity contribution in [1.29, 1.82) is 0 Å². The summed E-state index contributed by atoms with van der Waals surface area (Å²) in [5, 5.41) is 8.23. The van der Waals surface area contributed by atoms with E-state index in [0.29, 0.717) is 23.8 Å². The molecule has 2 aromatic carbocycles. The fraction of sp³-hybridized carbons (Fsp3) is 0.488. The van der Waals surface area contributed by atoms with E-state index in [9.17, 15) is 24.0 Å². The van der Waals surface area contributed by atoms with E-state index in [0.717, 1.165) is 58.4 Å². The van der Waals surface area contributed by atoms with Gasteiger partial charge in [0.1, 0.15) is 18.7 Å². The van der Waals surface area contributed by atoms with E-state index >= 15 is 0 Å². The first-order valence-electron chi connectivity index (χ1n) is 19.3. The minimum Gasteiger partial charge on any atom is -0.453 e. The summed E-state index contributed by atoms with van der Waals surface area (Å²) in [4.78, 5) is 72.9. The molecule has 0 saturated carbocycles. The number of anilines is 1. The number of likely N-dealkylation sites (N-methyl/N-ethyl adjacent to an activating group) is 1. The molecule has 0 spiro atoms. The number of aldehydes is 1. The van der Waals surface area contributed by atoms with Crippen LogP contribution in [-0.4, -0.2) is 109 Å². The van der Waals surface area contributed by atoms with Gasteiger partial charge in [-0.05, 0) is 68.6 Å². The zero-order chi connectivity index (χ0) is 42.3. The normalized spacial score (nSPS) is 13.6. The summed E-state index contributed by atoms with van der Waals surface area (Å²) in [7, 11) is 4.48. The Morgan fingerprint density at radius 2 is 1.58 bits per heavy atom. The Morgan fingerprint density at radius 3 is 2.16 bits per heavy atom. The topological polar surface area (TPSA) is 188 Å². The van der Waals surface area contributed by atoms with Crippen LogP contribution in [0.1, 0.15) is 85.5 Å². The summed E-state index contributed by atoms with van der Waals surface area (Å²) in [6, 6.07) is 13.9. The van der Waals surface area contributed by atoms with Crippen LogP contribution in [0.2, 0.25) is 0 Å². The molecule has 1 fully saturated rings. The third kappa shape index (κ3) is 15.3. The Labute approximate surface area is 340 Å². The van der Waals surface area contributed by atoms with Crippen molar-refractivity contribution in [2.45, 2.75) is 85.7 Å². The minimum absolute atomic E-state index is 0.00599. The number of thiazole rings is 1. The number of rotatable bonds is 12. The third-order valence-corrected chi connectivity index (χ3v) is 9.23. The number of ether oxygens (including phenoxy) is 2. The van der Waals surface area contributed by atoms with Crippen molar-refractivity contribution >= 4 is 57.0 Å². The second-order valence-corrected chi connectivity index (χ2v) is 14.2. The number of nitrogens with one attached hydrogen (secondary N) is 4. The number of fused-ring (bicyclic) bond motifs is 1. The monoisotopic (exact) mass is 808 g/mol. The number of amides is 4. The number of imidazole rings is 1. The minimum atomic E-state index is -0.644. The average molecular weight is 809 g/mol. The molecule has 1 saturated heterocycles. The van der Waals surface area contributed by atoms with Gasteiger partial charge in [-0.1, -0.05) is 89.1 Å². The number of likely N-dealkylation sites (tertiary alicyclic amines) is 1. The lowest BCUT2D eigenvalue weighted by Crippen LogP contribution is -2.42. The molecule has 57 heavy (non-hydrogen) atoms. The average Bonchev–Trinajstić information content (AvgIpc) is 3.98. The van der Waals surface area contributed by atoms with E-state index in [1.165, 1.54) is 38.4 Å². The molecular weight excluding hydrogens is 749 g/mol. The van der Waals surface area contributed by atoms with Gasteiger partial charge >= 0.3 is 12.2 Å². The number of methoxy groups -OCH3 is 2. The molecule has 4 amide bonds. The van der Waals surface area contributed by atoms with Crippen molar-refractivity contribution in [2.24, 2.45) is 0 Å². The van der Waals surface area contributed by atoms with Crippen LogP contribution >= 0.6 is 11.3 Å². The Balaban J connectivity index is 0.000000691. The van der Waals surface area contributed by atoms with Crippen LogP contribution < -0.4 is 16.0 Å². The van der Waals surface area contributed by atoms with Gasteiger partial charge in [-0.25, -0.2) is 19.6 Å². The number of alkyl carbamates (subject to hydrolysis) is 2. The van der Waals surface area contributed by atoms with Gasteiger partial charge in [0.15, 0.2) is 5.13 Å². The lowest BCUT2D eigenvalue weighted by atomic mass is 10.0. The Kier molecular flexibility index (Phi) is 21.6. The van der Waals surface area contributed by atoms with E-state index in [1.807, 2.05) is 45.2 Å². The molecule has 4 aromatic rings. The fourth-order valence-electron chi connectivity index (χ4n) is 5.57. The van der Waals surface area contributed by atoms with Crippen molar-refractivity contribution in [2.75, 3.05) is 52.8 Å². The molecule has 1 unspecified atom stereocenters. The van der Waals surface area contributed by atoms with Gasteiger partial charge in [0.05, 0.1) is 55.0 Å². The number of carbonyl (C=O) groups excluding carboxylic acids is 5. The quantitative estimate of drug-likeness (QED) is 0.105. The first kappa shape index (κ1) is 47.8. The second kappa shape index (κ2) is 25.7. The molecule has 4 N–H and O–H groups in total. The first-order chi connectivity index (χ1) is 27.4. The zero-order valence-electron chi connectivity index (χ0n) is 34.8. The molecule has 16 heteroatoms. The molecule has 0 bridgehead atoms. The zero-order valence-corrected chi connectivity index (χ0v) is 35.6. The Bertz CT molecular complexity index is 1840. The largest absolute Gasteiger partial charge is 0.453 e. The van der Waals surface area contributed by atoms with Crippen molar-refractivity contribution in [3.8, 4) is 22.4 Å². The predicted octanol–water partition coefficient (Wildman–Crippen LogP) is 7.42. The molecule has 1 aliphatic rings. The highest BCUT2D eigenvalue weighted by molar-refractivity contribution is 7.22. The van der Waals surface area contributed by atoms with Crippen molar-refractivity contribution in [3.63, 3.8) is 0 Å². The number of hydrogen-bond acceptors (Lipinski definition) is 11. The number of hydrogen-bond donors (Lipinski definition) is 4. The molecular formula is C41H60N8O7S. The van der Waals surface area contributed by atoms with Gasteiger partial charge in [0.2, 0.25) is 11.8 Å². The summed E-state index contributed by atoms with van der Waals surface area (Å²) in [6.45, 7) is 13.7. The van der Waals surface area contributed by atoms with Crippen molar-refractivity contribution in [3.05, 3.63) is 54.5 Å². The number of H-pyrrole nitrogens is 1. The van der Waals surface area contributed by atoms with E-state index in [4.69, 9.17) is 0 Å². The summed E-state index contributed by atoms with van der Waals surface area (Å²) in [6.07, 6.45) is 6.30. The van der Waals surface area contributed by atoms with Gasteiger partial charge in [-0.15, -0.1) is 0 Å². The number of nitrogens with zero attached hydrogens (tertiary/aromatic N) is 4. The van der Waals surface area contributed by atoms with E-state index in [1.54, 1.807) is 11.1 Å². The predicted molar refractivity (Wildman–Crippen MR) is 226 cm³/mol. The first-order valence-corrected chi connectivity index (χ1v) is 20.2. The van der Waals surface area contributed by atoms with Gasteiger partial charge in [0, 0.05) is 6.54 Å². The van der Waals surface area contributed by atoms with Crippen LogP contribution in [0.4, 0.5) is 14.7 Å². The number of aromatic amines is 1. The highest BCUT2D eigenvalue weighted by Gasteiger charge is 2.28. The van der Waals surface area contributed by atoms with Crippen LogP contribution in [0.5, 0.6) is 0 Å². The van der Waals surface area contributed by atoms with E-state index in [-0.39, 0.29) is 37.0 Å². The smallest absolute Gasteiger partial charge is 0.407 e. The molecule has 15 nitrogen and oxygen atoms in total. The molecule has 2 aromatic heterocycles. The summed E-state index contributed by atoms with van der Waals surface area (Å²) < 4.78 is 9.72. The fourth-order valence-corrected chi connectivity index (χ4v) is 6.48. The van der Waals surface area contributed by atoms with Crippen LogP contribution in [0, 0.1) is 0 Å². The molecule has 0 aliphatic carbocycles. The molecule has 3 heterocycles. The number of benzene rings is 2. The molecule has 1 aliphatic heterocycles. The lowest BCUT2D eigenvalue weighted by Gasteiger charge is -2.27. The standard InChI is InChI=1S/C31H37N7O4S.C4H7NO3.2C3H8/c1-5-14-38(27(39)18-33-31(41)42-4)19(2)28-32-17-24(34-28)21-10-8-20(9-11-21)22-12-13-23-26(16-22)43-30(35-23)36-29(40)25-7-6-15-37(25)3;1-8-4(7)5-2-3-6;2*1-3-2/h8-13,16-17,19,25H,5-7,14-15,18H2,1-4H3,(H,32,34)(H,33,41)(H,35,36,40);3H,2H2,1H3,(H,5,7);2*3H2,1-2H3/t19?,25-;;;/m0.../s1. The Morgan fingerprint density at radius 1 is 0.965 bits per heavy atom. The second-order valence-electron chi connectivity index (χ2n) is 13.2. The molecule has 5 rings (SSSR count). The SMILES string of the molecule is CCC.CCC.CCCN(C(=O)CNC(=O)OC)C(C)c1ncc(-c2ccc(-c3ccc4nc(NC(=O)[C@@H]5CCCN5C)sc4c3)cc2)[nH]1.COC(=O)NCC=O.